The molecule has 1 N–H and O–H groups in total. The molecule has 0 spiro atoms. The van der Waals surface area contributed by atoms with Gasteiger partial charge in [0.15, 0.2) is 0 Å². The van der Waals surface area contributed by atoms with E-state index in [9.17, 15) is 13.2 Å². The maximum atomic E-state index is 13.6. The van der Waals surface area contributed by atoms with Crippen LogP contribution in [-0.2, 0) is 27.8 Å². The van der Waals surface area contributed by atoms with Crippen molar-refractivity contribution in [3.05, 3.63) is 70.3 Å². The number of piperazine rings is 1. The van der Waals surface area contributed by atoms with Gasteiger partial charge in [-0.15, -0.1) is 0 Å². The minimum atomic E-state index is -3.96. The van der Waals surface area contributed by atoms with Crippen molar-refractivity contribution in [1.29, 1.82) is 0 Å². The number of carbonyl (C=O) groups is 1. The van der Waals surface area contributed by atoms with Crippen molar-refractivity contribution >= 4 is 33.2 Å². The van der Waals surface area contributed by atoms with E-state index in [1.165, 1.54) is 5.56 Å². The normalized spacial score (nSPS) is 30.9. The van der Waals surface area contributed by atoms with Crippen LogP contribution >= 0.6 is 11.6 Å². The van der Waals surface area contributed by atoms with Gasteiger partial charge in [0.1, 0.15) is 18.0 Å². The zero-order chi connectivity index (χ0) is 37.9. The van der Waals surface area contributed by atoms with E-state index >= 15 is 0 Å². The smallest absolute Gasteiger partial charge is 0.264 e. The fourth-order valence-corrected chi connectivity index (χ4v) is 10.6. The van der Waals surface area contributed by atoms with E-state index < -0.39 is 26.8 Å². The van der Waals surface area contributed by atoms with Crippen LogP contribution in [0.25, 0.3) is 0 Å². The second kappa shape index (κ2) is 17.0. The predicted octanol–water partition coefficient (Wildman–Crippen LogP) is 7.32. The monoisotopic (exact) mass is 768 g/mol. The SMILES string of the molecule is CCO[C@]1(CN2CCN(C(C)C)[C@H](C)C2)/C=C/C[C@H](C)[C@@H](C)S(=O)(=O)NC(=O)c2ccc3c(c2)N(CCCCc2cc(Cl)ccc2CO3)C[C@@H]2CC[C@H]21. The summed E-state index contributed by atoms with van der Waals surface area (Å²) in [6, 6.07) is 12.3. The van der Waals surface area contributed by atoms with Gasteiger partial charge in [-0.2, -0.15) is 0 Å². The lowest BCUT2D eigenvalue weighted by Gasteiger charge is -2.53. The molecular formula is C42H61ClN4O5S. The number of fused-ring (bicyclic) bond motifs is 3. The van der Waals surface area contributed by atoms with Crippen LogP contribution in [0, 0.1) is 17.8 Å². The van der Waals surface area contributed by atoms with E-state index in [2.05, 4.69) is 59.3 Å². The highest BCUT2D eigenvalue weighted by molar-refractivity contribution is 7.90. The van der Waals surface area contributed by atoms with Crippen LogP contribution in [0.15, 0.2) is 48.6 Å². The van der Waals surface area contributed by atoms with Gasteiger partial charge in [0.2, 0.25) is 10.0 Å². The van der Waals surface area contributed by atoms with Crippen LogP contribution in [0.5, 0.6) is 5.75 Å². The van der Waals surface area contributed by atoms with Crippen molar-refractivity contribution in [2.75, 3.05) is 50.8 Å². The molecule has 4 aliphatic rings. The Hall–Kier alpha value is -2.63. The molecule has 3 aliphatic heterocycles. The molecule has 2 aromatic rings. The number of amides is 1. The van der Waals surface area contributed by atoms with Crippen LogP contribution in [0.3, 0.4) is 0 Å². The predicted molar refractivity (Wildman–Crippen MR) is 214 cm³/mol. The largest absolute Gasteiger partial charge is 0.487 e. The van der Waals surface area contributed by atoms with Gasteiger partial charge in [-0.3, -0.25) is 14.6 Å². The van der Waals surface area contributed by atoms with Crippen molar-refractivity contribution in [3.8, 4) is 5.75 Å². The molecule has 1 aliphatic carbocycles. The molecule has 0 unspecified atom stereocenters. The maximum Gasteiger partial charge on any atom is 0.264 e. The first-order valence-electron chi connectivity index (χ1n) is 19.9. The van der Waals surface area contributed by atoms with Gasteiger partial charge in [-0.05, 0) is 132 Å². The molecule has 1 amide bonds. The number of nitrogens with one attached hydrogen (secondary N) is 1. The van der Waals surface area contributed by atoms with Crippen molar-refractivity contribution in [1.82, 2.24) is 14.5 Å². The van der Waals surface area contributed by atoms with Crippen molar-refractivity contribution in [2.45, 2.75) is 110 Å². The number of benzene rings is 2. The number of sulfonamides is 1. The average Bonchev–Trinajstić information content (AvgIpc) is 3.12. The second-order valence-corrected chi connectivity index (χ2v) is 18.8. The van der Waals surface area contributed by atoms with Crippen molar-refractivity contribution in [3.63, 3.8) is 0 Å². The Morgan fingerprint density at radius 2 is 1.83 bits per heavy atom. The van der Waals surface area contributed by atoms with Crippen molar-refractivity contribution in [2.24, 2.45) is 17.8 Å². The molecule has 1 saturated carbocycles. The lowest BCUT2D eigenvalue weighted by atomic mass is 9.63. The molecule has 11 heteroatoms. The maximum absolute atomic E-state index is 13.6. The molecule has 3 heterocycles. The molecule has 2 aromatic carbocycles. The van der Waals surface area contributed by atoms with Crippen LogP contribution in [0.4, 0.5) is 5.69 Å². The van der Waals surface area contributed by atoms with Crippen LogP contribution in [0.1, 0.15) is 95.1 Å². The van der Waals surface area contributed by atoms with E-state index in [0.29, 0.717) is 48.9 Å². The van der Waals surface area contributed by atoms with Crippen LogP contribution in [-0.4, -0.2) is 92.9 Å². The quantitative estimate of drug-likeness (QED) is 0.317. The van der Waals surface area contributed by atoms with Gasteiger partial charge in [0, 0.05) is 68.5 Å². The summed E-state index contributed by atoms with van der Waals surface area (Å²) in [7, 11) is -3.96. The topological polar surface area (TPSA) is 91.4 Å². The summed E-state index contributed by atoms with van der Waals surface area (Å²) >= 11 is 6.42. The fourth-order valence-electron chi connectivity index (χ4n) is 9.12. The van der Waals surface area contributed by atoms with Crippen molar-refractivity contribution < 1.29 is 22.7 Å². The minimum Gasteiger partial charge on any atom is -0.487 e. The van der Waals surface area contributed by atoms with Crippen LogP contribution < -0.4 is 14.4 Å². The van der Waals surface area contributed by atoms with Gasteiger partial charge in [-0.25, -0.2) is 13.1 Å². The van der Waals surface area contributed by atoms with E-state index in [4.69, 9.17) is 21.1 Å². The first-order valence-corrected chi connectivity index (χ1v) is 21.9. The molecule has 6 rings (SSSR count). The van der Waals surface area contributed by atoms with E-state index in [-0.39, 0.29) is 11.8 Å². The van der Waals surface area contributed by atoms with E-state index in [1.54, 1.807) is 13.0 Å². The van der Waals surface area contributed by atoms with Gasteiger partial charge >= 0.3 is 0 Å². The number of nitrogens with zero attached hydrogens (tertiary/aromatic N) is 3. The van der Waals surface area contributed by atoms with E-state index in [1.807, 2.05) is 37.3 Å². The molecule has 53 heavy (non-hydrogen) atoms. The summed E-state index contributed by atoms with van der Waals surface area (Å²) in [5.41, 5.74) is 2.90. The molecule has 2 bridgehead atoms. The standard InChI is InChI=1S/C42H61ClN4O5S/c1-7-52-42(28-45-21-22-47(29(2)3)31(5)25-45)19-10-11-30(4)32(6)53(49,50)44-41(48)34-15-18-40-39(24-34)46(26-35-14-17-38(35)42)20-9-8-12-33-23-37(43)16-13-36(33)27-51-40/h10,13,15-16,18-19,23-24,29-32,35,38H,7-9,11-12,14,17,20-22,25-28H2,1-6H3,(H,44,48)/b19-10+/t30-,31+,32+,35-,38+,42-/m0/s1. The zero-order valence-corrected chi connectivity index (χ0v) is 34.2. The summed E-state index contributed by atoms with van der Waals surface area (Å²) in [5.74, 6) is 0.481. The Bertz CT molecular complexity index is 1740. The minimum absolute atomic E-state index is 0.218. The molecule has 1 saturated heterocycles. The van der Waals surface area contributed by atoms with Crippen LogP contribution in [0.2, 0.25) is 5.02 Å². The lowest BCUT2D eigenvalue weighted by molar-refractivity contribution is -0.115. The summed E-state index contributed by atoms with van der Waals surface area (Å²) in [6.07, 6.45) is 9.99. The number of hydrogen-bond donors (Lipinski definition) is 1. The Labute approximate surface area is 323 Å². The molecular weight excluding hydrogens is 708 g/mol. The number of carbonyl (C=O) groups excluding carboxylic acids is 1. The van der Waals surface area contributed by atoms with Gasteiger partial charge in [-0.1, -0.05) is 36.7 Å². The van der Waals surface area contributed by atoms with Gasteiger partial charge in [0.05, 0.1) is 10.9 Å². The average molecular weight is 769 g/mol. The third-order valence-corrected chi connectivity index (χ3v) is 14.6. The Kier molecular flexibility index (Phi) is 12.9. The number of halogens is 1. The summed E-state index contributed by atoms with van der Waals surface area (Å²) in [6.45, 7) is 19.0. The first-order chi connectivity index (χ1) is 25.3. The zero-order valence-electron chi connectivity index (χ0n) is 32.7. The molecule has 2 fully saturated rings. The Balaban J connectivity index is 1.40. The van der Waals surface area contributed by atoms with Gasteiger partial charge in [0.25, 0.3) is 5.91 Å². The highest BCUT2D eigenvalue weighted by Gasteiger charge is 2.49. The fraction of sp³-hybridized carbons (Fsp3) is 0.643. The summed E-state index contributed by atoms with van der Waals surface area (Å²) in [5, 5.41) is -0.0568. The highest BCUT2D eigenvalue weighted by Crippen LogP contribution is 2.47. The molecule has 0 radical (unpaired) electrons. The third-order valence-electron chi connectivity index (χ3n) is 12.5. The number of rotatable bonds is 5. The number of aryl methyl sites for hydroxylation is 1. The molecule has 0 aromatic heterocycles. The third kappa shape index (κ3) is 9.09. The number of hydrogen-bond acceptors (Lipinski definition) is 8. The Morgan fingerprint density at radius 1 is 1.02 bits per heavy atom. The Morgan fingerprint density at radius 3 is 2.55 bits per heavy atom. The molecule has 292 valence electrons. The van der Waals surface area contributed by atoms with Gasteiger partial charge < -0.3 is 14.4 Å². The summed E-state index contributed by atoms with van der Waals surface area (Å²) < 4.78 is 43.2. The summed E-state index contributed by atoms with van der Waals surface area (Å²) in [4.78, 5) is 21.2. The number of allylic oxidation sites excluding steroid dienone is 1. The lowest BCUT2D eigenvalue weighted by Crippen LogP contribution is -2.61. The van der Waals surface area contributed by atoms with E-state index in [0.717, 1.165) is 87.6 Å². The molecule has 6 atom stereocenters. The number of anilines is 1. The number of ether oxygens (including phenoxy) is 2. The second-order valence-electron chi connectivity index (χ2n) is 16.3. The first kappa shape index (κ1) is 40.0. The highest BCUT2D eigenvalue weighted by atomic mass is 35.5. The molecule has 9 nitrogen and oxygen atoms in total.